The lowest BCUT2D eigenvalue weighted by atomic mass is 10.0. The van der Waals surface area contributed by atoms with Crippen molar-refractivity contribution in [1.29, 1.82) is 0 Å². The molecule has 0 radical (unpaired) electrons. The first-order valence-electron chi connectivity index (χ1n) is 9.24. The third-order valence-electron chi connectivity index (χ3n) is 5.06. The molecule has 0 unspecified atom stereocenters. The van der Waals surface area contributed by atoms with Crippen LogP contribution < -0.4 is 5.32 Å². The van der Waals surface area contributed by atoms with Crippen molar-refractivity contribution in [3.63, 3.8) is 0 Å². The Balaban J connectivity index is 1.72. The Bertz CT molecular complexity index is 1130. The van der Waals surface area contributed by atoms with Crippen molar-refractivity contribution >= 4 is 26.6 Å². The number of carbonyl (C=O) groups excluding carboxylic acids is 1. The topological polar surface area (TPSA) is 89.0 Å². The summed E-state index contributed by atoms with van der Waals surface area (Å²) in [5.74, 6) is 0.0388. The number of hydrogen-bond acceptors (Lipinski definition) is 5. The third kappa shape index (κ3) is 3.89. The molecule has 1 N–H and O–H groups in total. The van der Waals surface area contributed by atoms with Crippen LogP contribution in [0.5, 0.6) is 0 Å². The summed E-state index contributed by atoms with van der Waals surface area (Å²) in [6.45, 7) is 1.97. The number of aryl methyl sites for hydroxylation is 1. The standard InChI is InChI=1S/C21H21N3O3S/c1-14-4-5-19-17(11-14)18(12-20(24-19)15-3-2-8-22-13-15)21(25)23-16-6-9-28(26,27)10-7-16/h2-5,8,11-13,16H,6-7,9-10H2,1H3,(H,23,25). The molecule has 1 amide bonds. The maximum absolute atomic E-state index is 13.1. The smallest absolute Gasteiger partial charge is 0.252 e. The number of nitrogens with one attached hydrogen (secondary N) is 1. The predicted octanol–water partition coefficient (Wildman–Crippen LogP) is 2.91. The van der Waals surface area contributed by atoms with Crippen LogP contribution >= 0.6 is 0 Å². The van der Waals surface area contributed by atoms with Crippen molar-refractivity contribution in [2.75, 3.05) is 11.5 Å². The Morgan fingerprint density at radius 3 is 2.64 bits per heavy atom. The van der Waals surface area contributed by atoms with Crippen molar-refractivity contribution in [2.24, 2.45) is 0 Å². The van der Waals surface area contributed by atoms with Gasteiger partial charge in [0, 0.05) is 29.4 Å². The Morgan fingerprint density at radius 1 is 1.14 bits per heavy atom. The van der Waals surface area contributed by atoms with E-state index in [1.807, 2.05) is 37.3 Å². The van der Waals surface area contributed by atoms with Gasteiger partial charge in [-0.3, -0.25) is 9.78 Å². The summed E-state index contributed by atoms with van der Waals surface area (Å²) in [5.41, 5.74) is 3.84. The van der Waals surface area contributed by atoms with Gasteiger partial charge in [-0.2, -0.15) is 0 Å². The Labute approximate surface area is 163 Å². The van der Waals surface area contributed by atoms with E-state index in [9.17, 15) is 13.2 Å². The van der Waals surface area contributed by atoms with Crippen molar-refractivity contribution in [3.8, 4) is 11.3 Å². The predicted molar refractivity (Wildman–Crippen MR) is 109 cm³/mol. The van der Waals surface area contributed by atoms with E-state index in [2.05, 4.69) is 10.3 Å². The molecule has 1 aliphatic rings. The molecule has 0 saturated carbocycles. The van der Waals surface area contributed by atoms with Gasteiger partial charge in [-0.1, -0.05) is 11.6 Å². The Kier molecular flexibility index (Phi) is 4.85. The van der Waals surface area contributed by atoms with Crippen LogP contribution in [-0.4, -0.2) is 41.8 Å². The number of benzene rings is 1. The number of amides is 1. The lowest BCUT2D eigenvalue weighted by Crippen LogP contribution is -2.40. The first-order chi connectivity index (χ1) is 13.4. The fraction of sp³-hybridized carbons (Fsp3) is 0.286. The summed E-state index contributed by atoms with van der Waals surface area (Å²) in [6, 6.07) is 11.2. The Morgan fingerprint density at radius 2 is 1.93 bits per heavy atom. The van der Waals surface area contributed by atoms with E-state index in [-0.39, 0.29) is 23.5 Å². The Hall–Kier alpha value is -2.80. The van der Waals surface area contributed by atoms with Gasteiger partial charge in [-0.15, -0.1) is 0 Å². The van der Waals surface area contributed by atoms with Crippen LogP contribution in [0.2, 0.25) is 0 Å². The van der Waals surface area contributed by atoms with E-state index >= 15 is 0 Å². The molecule has 144 valence electrons. The average Bonchev–Trinajstić information content (AvgIpc) is 2.69. The number of pyridine rings is 2. The van der Waals surface area contributed by atoms with Gasteiger partial charge in [0.25, 0.3) is 5.91 Å². The zero-order valence-corrected chi connectivity index (χ0v) is 16.4. The highest BCUT2D eigenvalue weighted by atomic mass is 32.2. The number of sulfone groups is 1. The van der Waals surface area contributed by atoms with Gasteiger partial charge in [-0.25, -0.2) is 13.4 Å². The number of carbonyl (C=O) groups is 1. The van der Waals surface area contributed by atoms with Gasteiger partial charge < -0.3 is 5.32 Å². The lowest BCUT2D eigenvalue weighted by molar-refractivity contribution is 0.0936. The van der Waals surface area contributed by atoms with Gasteiger partial charge in [0.15, 0.2) is 0 Å². The molecule has 1 fully saturated rings. The molecule has 0 bridgehead atoms. The summed E-state index contributed by atoms with van der Waals surface area (Å²) in [4.78, 5) is 21.9. The van der Waals surface area contributed by atoms with E-state index in [4.69, 9.17) is 4.98 Å². The summed E-state index contributed by atoms with van der Waals surface area (Å²) in [7, 11) is -2.97. The highest BCUT2D eigenvalue weighted by molar-refractivity contribution is 7.91. The normalized spacial score (nSPS) is 16.8. The summed E-state index contributed by atoms with van der Waals surface area (Å²) in [5, 5.41) is 3.80. The molecule has 0 spiro atoms. The lowest BCUT2D eigenvalue weighted by Gasteiger charge is -2.23. The maximum atomic E-state index is 13.1. The zero-order valence-electron chi connectivity index (χ0n) is 15.6. The third-order valence-corrected chi connectivity index (χ3v) is 6.77. The first kappa shape index (κ1) is 18.6. The van der Waals surface area contributed by atoms with Crippen molar-refractivity contribution < 1.29 is 13.2 Å². The first-order valence-corrected chi connectivity index (χ1v) is 11.1. The number of aromatic nitrogens is 2. The van der Waals surface area contributed by atoms with Gasteiger partial charge in [0.05, 0.1) is 28.3 Å². The van der Waals surface area contributed by atoms with Crippen LogP contribution in [0.3, 0.4) is 0 Å². The maximum Gasteiger partial charge on any atom is 0.252 e. The van der Waals surface area contributed by atoms with Crippen molar-refractivity contribution in [3.05, 3.63) is 59.9 Å². The highest BCUT2D eigenvalue weighted by Crippen LogP contribution is 2.26. The molecule has 0 aliphatic carbocycles. The van der Waals surface area contributed by atoms with E-state index < -0.39 is 9.84 Å². The van der Waals surface area contributed by atoms with Crippen molar-refractivity contribution in [2.45, 2.75) is 25.8 Å². The molecular formula is C21H21N3O3S. The quantitative estimate of drug-likeness (QED) is 0.737. The van der Waals surface area contributed by atoms with Crippen LogP contribution in [0, 0.1) is 6.92 Å². The SMILES string of the molecule is Cc1ccc2nc(-c3cccnc3)cc(C(=O)NC3CCS(=O)(=O)CC3)c2c1. The van der Waals surface area contributed by atoms with Crippen LogP contribution in [0.15, 0.2) is 48.8 Å². The molecule has 28 heavy (non-hydrogen) atoms. The molecule has 0 atom stereocenters. The number of rotatable bonds is 3. The minimum Gasteiger partial charge on any atom is -0.349 e. The van der Waals surface area contributed by atoms with E-state index in [0.717, 1.165) is 22.0 Å². The molecule has 1 aromatic carbocycles. The minimum atomic E-state index is -2.97. The minimum absolute atomic E-state index is 0.120. The molecule has 2 aromatic heterocycles. The second-order valence-corrected chi connectivity index (χ2v) is 9.52. The highest BCUT2D eigenvalue weighted by Gasteiger charge is 2.25. The van der Waals surface area contributed by atoms with Crippen LogP contribution in [0.1, 0.15) is 28.8 Å². The number of fused-ring (bicyclic) bond motifs is 1. The summed E-state index contributed by atoms with van der Waals surface area (Å²) in [6.07, 6.45) is 4.31. The fourth-order valence-electron chi connectivity index (χ4n) is 3.49. The average molecular weight is 395 g/mol. The summed E-state index contributed by atoms with van der Waals surface area (Å²) >= 11 is 0. The van der Waals surface area contributed by atoms with Gasteiger partial charge in [0.2, 0.25) is 0 Å². The van der Waals surface area contributed by atoms with Gasteiger partial charge in [0.1, 0.15) is 9.84 Å². The van der Waals surface area contributed by atoms with Crippen LogP contribution in [0.4, 0.5) is 0 Å². The second-order valence-electron chi connectivity index (χ2n) is 7.22. The van der Waals surface area contributed by atoms with Crippen LogP contribution in [0.25, 0.3) is 22.2 Å². The molecular weight excluding hydrogens is 374 g/mol. The summed E-state index contributed by atoms with van der Waals surface area (Å²) < 4.78 is 23.3. The monoisotopic (exact) mass is 395 g/mol. The van der Waals surface area contributed by atoms with Crippen LogP contribution in [-0.2, 0) is 9.84 Å². The molecule has 1 aliphatic heterocycles. The molecule has 3 heterocycles. The number of hydrogen-bond donors (Lipinski definition) is 1. The second kappa shape index (κ2) is 7.31. The molecule has 1 saturated heterocycles. The van der Waals surface area contributed by atoms with Gasteiger partial charge in [-0.05, 0) is 50.1 Å². The molecule has 4 rings (SSSR count). The van der Waals surface area contributed by atoms with E-state index in [0.29, 0.717) is 24.1 Å². The molecule has 3 aromatic rings. The van der Waals surface area contributed by atoms with Crippen molar-refractivity contribution in [1.82, 2.24) is 15.3 Å². The van der Waals surface area contributed by atoms with Gasteiger partial charge >= 0.3 is 0 Å². The van der Waals surface area contributed by atoms with E-state index in [1.54, 1.807) is 18.5 Å². The van der Waals surface area contributed by atoms with E-state index in [1.165, 1.54) is 0 Å². The molecule has 7 heteroatoms. The zero-order chi connectivity index (χ0) is 19.7. The fourth-order valence-corrected chi connectivity index (χ4v) is 4.98. The molecule has 6 nitrogen and oxygen atoms in total. The largest absolute Gasteiger partial charge is 0.349 e. The number of nitrogens with zero attached hydrogens (tertiary/aromatic N) is 2.